The van der Waals surface area contributed by atoms with E-state index in [0.29, 0.717) is 12.1 Å². The number of oxime groups is 1. The van der Waals surface area contributed by atoms with Crippen LogP contribution in [0.4, 0.5) is 4.39 Å². The van der Waals surface area contributed by atoms with Crippen molar-refractivity contribution in [1.29, 1.82) is 0 Å². The Balaban J connectivity index is 1.90. The number of rotatable bonds is 6. The fourth-order valence-corrected chi connectivity index (χ4v) is 1.82. The van der Waals surface area contributed by atoms with Crippen molar-refractivity contribution < 1.29 is 9.60 Å². The smallest absolute Gasteiger partial charge is 0.170 e. The molecule has 1 aromatic carbocycles. The maximum Gasteiger partial charge on any atom is 0.170 e. The van der Waals surface area contributed by atoms with Gasteiger partial charge < -0.3 is 20.8 Å². The third-order valence-corrected chi connectivity index (χ3v) is 2.80. The molecule has 0 saturated heterocycles. The second-order valence-corrected chi connectivity index (χ2v) is 4.31. The number of aromatic nitrogens is 2. The van der Waals surface area contributed by atoms with E-state index in [9.17, 15) is 4.39 Å². The quantitative estimate of drug-likeness (QED) is 0.241. The third-order valence-electron chi connectivity index (χ3n) is 2.80. The second kappa shape index (κ2) is 6.67. The van der Waals surface area contributed by atoms with E-state index >= 15 is 0 Å². The van der Waals surface area contributed by atoms with E-state index in [2.05, 4.69) is 15.5 Å². The van der Waals surface area contributed by atoms with Gasteiger partial charge in [0.2, 0.25) is 0 Å². The molecule has 0 unspecified atom stereocenters. The summed E-state index contributed by atoms with van der Waals surface area (Å²) >= 11 is 0. The molecule has 0 spiro atoms. The van der Waals surface area contributed by atoms with Gasteiger partial charge in [-0.3, -0.25) is 0 Å². The van der Waals surface area contributed by atoms with Gasteiger partial charge in [0.05, 0.1) is 6.33 Å². The van der Waals surface area contributed by atoms with Gasteiger partial charge >= 0.3 is 0 Å². The van der Waals surface area contributed by atoms with Crippen LogP contribution in [0.15, 0.2) is 42.1 Å². The lowest BCUT2D eigenvalue weighted by Crippen LogP contribution is -2.20. The monoisotopic (exact) mass is 277 g/mol. The molecule has 0 amide bonds. The molecule has 0 aliphatic heterocycles. The number of amidine groups is 1. The van der Waals surface area contributed by atoms with Gasteiger partial charge in [0.1, 0.15) is 5.82 Å². The topological polar surface area (TPSA) is 88.5 Å². The molecule has 0 aliphatic carbocycles. The first-order valence-corrected chi connectivity index (χ1v) is 6.13. The molecule has 0 atom stereocenters. The zero-order valence-electron chi connectivity index (χ0n) is 10.8. The Morgan fingerprint density at radius 2 is 2.30 bits per heavy atom. The van der Waals surface area contributed by atoms with Gasteiger partial charge in [-0.25, -0.2) is 9.37 Å². The lowest BCUT2D eigenvalue weighted by molar-refractivity contribution is 0.318. The van der Waals surface area contributed by atoms with E-state index in [1.807, 2.05) is 10.8 Å². The molecule has 0 aliphatic rings. The number of hydrogen-bond donors (Lipinski definition) is 3. The molecule has 20 heavy (non-hydrogen) atoms. The Labute approximate surface area is 115 Å². The Bertz CT molecular complexity index is 582. The molecule has 0 radical (unpaired) electrons. The highest BCUT2D eigenvalue weighted by molar-refractivity contribution is 5.97. The maximum atomic E-state index is 13.4. The minimum Gasteiger partial charge on any atom is -0.409 e. The fourth-order valence-electron chi connectivity index (χ4n) is 1.82. The number of benzene rings is 1. The lowest BCUT2D eigenvalue weighted by atomic mass is 10.1. The summed E-state index contributed by atoms with van der Waals surface area (Å²) in [5, 5.41) is 14.7. The minimum atomic E-state index is -0.416. The van der Waals surface area contributed by atoms with Crippen LogP contribution in [-0.4, -0.2) is 27.1 Å². The van der Waals surface area contributed by atoms with Crippen LogP contribution in [0.25, 0.3) is 0 Å². The molecule has 6 nitrogen and oxygen atoms in total. The SMILES string of the molecule is N/C(=N/O)c1cc(F)cc(CNCCn2ccnc2)c1. The summed E-state index contributed by atoms with van der Waals surface area (Å²) in [6, 6.07) is 4.32. The molecule has 0 bridgehead atoms. The number of hydrogen-bond acceptors (Lipinski definition) is 4. The third kappa shape index (κ3) is 3.79. The van der Waals surface area contributed by atoms with E-state index in [-0.39, 0.29) is 5.84 Å². The van der Waals surface area contributed by atoms with Crippen LogP contribution in [0.2, 0.25) is 0 Å². The average Bonchev–Trinajstić information content (AvgIpc) is 2.95. The number of nitrogens with one attached hydrogen (secondary N) is 1. The van der Waals surface area contributed by atoms with Crippen molar-refractivity contribution in [2.75, 3.05) is 6.54 Å². The summed E-state index contributed by atoms with van der Waals surface area (Å²) in [5.41, 5.74) is 6.55. The first kappa shape index (κ1) is 14.0. The Morgan fingerprint density at radius 1 is 1.45 bits per heavy atom. The summed E-state index contributed by atoms with van der Waals surface area (Å²) in [4.78, 5) is 3.95. The van der Waals surface area contributed by atoms with Gasteiger partial charge in [-0.15, -0.1) is 0 Å². The van der Waals surface area contributed by atoms with Gasteiger partial charge in [-0.2, -0.15) is 0 Å². The van der Waals surface area contributed by atoms with Crippen molar-refractivity contribution in [3.8, 4) is 0 Å². The highest BCUT2D eigenvalue weighted by Gasteiger charge is 2.04. The van der Waals surface area contributed by atoms with Gasteiger partial charge in [0.15, 0.2) is 5.84 Å². The summed E-state index contributed by atoms with van der Waals surface area (Å²) in [6.07, 6.45) is 5.33. The van der Waals surface area contributed by atoms with Crippen LogP contribution < -0.4 is 11.1 Å². The lowest BCUT2D eigenvalue weighted by Gasteiger charge is -2.07. The van der Waals surface area contributed by atoms with Crippen LogP contribution >= 0.6 is 0 Å². The van der Waals surface area contributed by atoms with E-state index in [1.54, 1.807) is 18.6 Å². The highest BCUT2D eigenvalue weighted by atomic mass is 19.1. The molecule has 1 aromatic heterocycles. The van der Waals surface area contributed by atoms with Crippen molar-refractivity contribution in [3.63, 3.8) is 0 Å². The fraction of sp³-hybridized carbons (Fsp3) is 0.231. The number of nitrogens with zero attached hydrogens (tertiary/aromatic N) is 3. The second-order valence-electron chi connectivity index (χ2n) is 4.31. The predicted molar refractivity (Wildman–Crippen MR) is 72.8 cm³/mol. The predicted octanol–water partition coefficient (Wildman–Crippen LogP) is 0.906. The van der Waals surface area contributed by atoms with Crippen molar-refractivity contribution >= 4 is 5.84 Å². The molecular formula is C13H16FN5O. The largest absolute Gasteiger partial charge is 0.409 e. The van der Waals surface area contributed by atoms with Gasteiger partial charge in [-0.1, -0.05) is 5.16 Å². The van der Waals surface area contributed by atoms with E-state index in [0.717, 1.165) is 18.7 Å². The van der Waals surface area contributed by atoms with E-state index in [1.165, 1.54) is 12.1 Å². The van der Waals surface area contributed by atoms with Crippen molar-refractivity contribution in [1.82, 2.24) is 14.9 Å². The van der Waals surface area contributed by atoms with Crippen molar-refractivity contribution in [3.05, 3.63) is 53.9 Å². The normalized spacial score (nSPS) is 11.8. The molecule has 7 heteroatoms. The van der Waals surface area contributed by atoms with Crippen LogP contribution in [0.3, 0.4) is 0 Å². The Hall–Kier alpha value is -2.41. The molecule has 2 aromatic rings. The molecule has 4 N–H and O–H groups in total. The van der Waals surface area contributed by atoms with Crippen LogP contribution in [0.5, 0.6) is 0 Å². The van der Waals surface area contributed by atoms with Crippen molar-refractivity contribution in [2.24, 2.45) is 10.9 Å². The van der Waals surface area contributed by atoms with Gasteiger partial charge in [0, 0.05) is 37.6 Å². The zero-order valence-corrected chi connectivity index (χ0v) is 10.8. The van der Waals surface area contributed by atoms with Gasteiger partial charge in [-0.05, 0) is 23.8 Å². The highest BCUT2D eigenvalue weighted by Crippen LogP contribution is 2.09. The van der Waals surface area contributed by atoms with E-state index in [4.69, 9.17) is 10.9 Å². The number of imidazole rings is 1. The summed E-state index contributed by atoms with van der Waals surface area (Å²) in [6.45, 7) is 2.01. The van der Waals surface area contributed by atoms with Crippen molar-refractivity contribution in [2.45, 2.75) is 13.1 Å². The maximum absolute atomic E-state index is 13.4. The zero-order chi connectivity index (χ0) is 14.4. The molecular weight excluding hydrogens is 261 g/mol. The molecule has 106 valence electrons. The average molecular weight is 277 g/mol. The van der Waals surface area contributed by atoms with Crippen LogP contribution in [0, 0.1) is 5.82 Å². The number of halogens is 1. The van der Waals surface area contributed by atoms with Gasteiger partial charge in [0.25, 0.3) is 0 Å². The summed E-state index contributed by atoms with van der Waals surface area (Å²) in [7, 11) is 0. The first-order chi connectivity index (χ1) is 9.69. The van der Waals surface area contributed by atoms with Crippen LogP contribution in [0.1, 0.15) is 11.1 Å². The van der Waals surface area contributed by atoms with Crippen LogP contribution in [-0.2, 0) is 13.1 Å². The standard InChI is InChI=1S/C13H16FN5O/c14-12-6-10(5-11(7-12)13(15)18-20)8-16-1-3-19-4-2-17-9-19/h2,4-7,9,16,20H,1,3,8H2,(H2,15,18). The Morgan fingerprint density at radius 3 is 3.00 bits per heavy atom. The molecule has 1 heterocycles. The number of nitrogens with two attached hydrogens (primary N) is 1. The molecule has 0 saturated carbocycles. The minimum absolute atomic E-state index is 0.107. The Kier molecular flexibility index (Phi) is 4.67. The summed E-state index contributed by atoms with van der Waals surface area (Å²) in [5.74, 6) is -0.523. The molecule has 2 rings (SSSR count). The van der Waals surface area contributed by atoms with E-state index < -0.39 is 5.82 Å². The summed E-state index contributed by atoms with van der Waals surface area (Å²) < 4.78 is 15.4. The molecule has 0 fully saturated rings. The first-order valence-electron chi connectivity index (χ1n) is 6.13.